The third-order valence-electron chi connectivity index (χ3n) is 0. The largest absolute Gasteiger partial charge is 5.00 e. The fraction of sp³-hybridized carbons (Fsp3) is 0. The van der Waals surface area contributed by atoms with Crippen LogP contribution in [0.1, 0.15) is 0 Å². The van der Waals surface area contributed by atoms with Gasteiger partial charge in [0.05, 0.1) is 0 Å². The summed E-state index contributed by atoms with van der Waals surface area (Å²) < 4.78 is 0. The molecule has 0 unspecified atom stereocenters. The first-order valence-corrected chi connectivity index (χ1v) is 0. The molecule has 1 nitrogen and oxygen atoms in total. The molecule has 0 aromatic heterocycles. The van der Waals surface area contributed by atoms with Crippen molar-refractivity contribution in [3.63, 3.8) is 0 Å². The standard InChI is InChI=1S/Mg.Nb.O.Ti/q+2;+5;-2;+4. The molecule has 0 aliphatic rings. The van der Waals surface area contributed by atoms with Crippen LogP contribution in [0.4, 0.5) is 0 Å². The van der Waals surface area contributed by atoms with E-state index in [0.717, 1.165) is 0 Å². The molecule has 0 saturated heterocycles. The Morgan fingerprint density at radius 2 is 1.00 bits per heavy atom. The van der Waals surface area contributed by atoms with Gasteiger partial charge in [-0.05, 0) is 0 Å². The maximum atomic E-state index is 0. The summed E-state index contributed by atoms with van der Waals surface area (Å²) in [5.74, 6) is 0. The van der Waals surface area contributed by atoms with Crippen LogP contribution in [-0.4, -0.2) is 23.1 Å². The number of rotatable bonds is 0. The second-order valence-electron chi connectivity index (χ2n) is 0. The van der Waals surface area contributed by atoms with Crippen LogP contribution in [0.15, 0.2) is 0 Å². The SMILES string of the molecule is [Mg+2].[Nb+5].[O-2].[Ti+4]. The van der Waals surface area contributed by atoms with E-state index in [9.17, 15) is 0 Å². The summed E-state index contributed by atoms with van der Waals surface area (Å²) in [7, 11) is 0. The zero-order valence-electron chi connectivity index (χ0n) is 2.06. The van der Waals surface area contributed by atoms with Crippen molar-refractivity contribution >= 4 is 23.1 Å². The van der Waals surface area contributed by atoms with Gasteiger partial charge < -0.3 is 5.48 Å². The fourth-order valence-electron chi connectivity index (χ4n) is 0. The van der Waals surface area contributed by atoms with Gasteiger partial charge in [0.25, 0.3) is 0 Å². The van der Waals surface area contributed by atoms with Gasteiger partial charge in [-0.15, -0.1) is 0 Å². The first kappa shape index (κ1) is 34.9. The molecule has 8 valence electrons. The summed E-state index contributed by atoms with van der Waals surface area (Å²) in [4.78, 5) is 0. The molecule has 4 heteroatoms. The second-order valence-corrected chi connectivity index (χ2v) is 0. The smallest absolute Gasteiger partial charge is 2.00 e. The Balaban J connectivity index is 0. The number of hydrogen-bond acceptors (Lipinski definition) is 0. The predicted molar refractivity (Wildman–Crippen MR) is 6.44 cm³/mol. The average Bonchev–Trinajstić information content (AvgIpc) is 0. The van der Waals surface area contributed by atoms with E-state index in [-0.39, 0.29) is 72.6 Å². The Bertz CT molecular complexity index is 8.00. The summed E-state index contributed by atoms with van der Waals surface area (Å²) >= 11 is 0. The molecule has 0 aromatic carbocycles. The van der Waals surface area contributed by atoms with E-state index in [1.165, 1.54) is 0 Å². The van der Waals surface area contributed by atoms with E-state index in [1.807, 2.05) is 0 Å². The molecular formula is MgNbOTi+9. The van der Waals surface area contributed by atoms with Crippen molar-refractivity contribution in [1.29, 1.82) is 0 Å². The van der Waals surface area contributed by atoms with E-state index in [0.29, 0.717) is 0 Å². The Morgan fingerprint density at radius 3 is 1.00 bits per heavy atom. The summed E-state index contributed by atoms with van der Waals surface area (Å²) in [6, 6.07) is 0. The van der Waals surface area contributed by atoms with Crippen molar-refractivity contribution in [2.75, 3.05) is 0 Å². The molecule has 0 N–H and O–H groups in total. The minimum Gasteiger partial charge on any atom is -2.00 e. The van der Waals surface area contributed by atoms with Gasteiger partial charge in [-0.1, -0.05) is 0 Å². The average molecular weight is 181 g/mol. The third kappa shape index (κ3) is 8.89. The van der Waals surface area contributed by atoms with Crippen LogP contribution in [0.2, 0.25) is 0 Å². The Labute approximate surface area is 71.8 Å². The molecule has 0 aliphatic heterocycles. The van der Waals surface area contributed by atoms with Crippen molar-refractivity contribution in [2.45, 2.75) is 0 Å². The summed E-state index contributed by atoms with van der Waals surface area (Å²) in [6.45, 7) is 0. The van der Waals surface area contributed by atoms with Crippen molar-refractivity contribution in [2.24, 2.45) is 0 Å². The fourth-order valence-corrected chi connectivity index (χ4v) is 0. The molecule has 0 radical (unpaired) electrons. The van der Waals surface area contributed by atoms with E-state index >= 15 is 0 Å². The van der Waals surface area contributed by atoms with Crippen LogP contribution in [0.3, 0.4) is 0 Å². The van der Waals surface area contributed by atoms with Gasteiger partial charge in [-0.25, -0.2) is 0 Å². The molecule has 0 aliphatic carbocycles. The van der Waals surface area contributed by atoms with Crippen LogP contribution >= 0.6 is 0 Å². The minimum absolute atomic E-state index is 0. The van der Waals surface area contributed by atoms with Crippen LogP contribution in [0, 0.1) is 0 Å². The van der Waals surface area contributed by atoms with Gasteiger partial charge in [0.1, 0.15) is 0 Å². The zero-order valence-corrected chi connectivity index (χ0v) is 7.24. The second kappa shape index (κ2) is 19.0. The monoisotopic (exact) mass is 181 g/mol. The molecule has 0 fully saturated rings. The number of hydrogen-bond donors (Lipinski definition) is 0. The summed E-state index contributed by atoms with van der Waals surface area (Å²) in [5, 5.41) is 0. The Hall–Kier alpha value is 2.18. The molecule has 4 heavy (non-hydrogen) atoms. The van der Waals surface area contributed by atoms with E-state index in [4.69, 9.17) is 0 Å². The van der Waals surface area contributed by atoms with Crippen molar-refractivity contribution in [1.82, 2.24) is 0 Å². The van der Waals surface area contributed by atoms with Gasteiger partial charge in [0.2, 0.25) is 0 Å². The van der Waals surface area contributed by atoms with Crippen molar-refractivity contribution in [3.8, 4) is 0 Å². The van der Waals surface area contributed by atoms with Gasteiger partial charge in [0.15, 0.2) is 0 Å². The van der Waals surface area contributed by atoms with Crippen molar-refractivity contribution < 1.29 is 49.6 Å². The van der Waals surface area contributed by atoms with Gasteiger partial charge in [0, 0.05) is 0 Å². The van der Waals surface area contributed by atoms with Gasteiger partial charge in [-0.3, -0.25) is 0 Å². The van der Waals surface area contributed by atoms with Crippen LogP contribution in [0.5, 0.6) is 0 Å². The molecule has 0 aromatic rings. The van der Waals surface area contributed by atoms with Crippen molar-refractivity contribution in [3.05, 3.63) is 0 Å². The third-order valence-corrected chi connectivity index (χ3v) is 0. The summed E-state index contributed by atoms with van der Waals surface area (Å²) in [6.07, 6.45) is 0. The maximum Gasteiger partial charge on any atom is 5.00 e. The molecule has 0 amide bonds. The van der Waals surface area contributed by atoms with E-state index < -0.39 is 0 Å². The molecule has 0 bridgehead atoms. The quantitative estimate of drug-likeness (QED) is 0.450. The normalized spacial score (nSPS) is 0. The predicted octanol–water partition coefficient (Wildman–Crippen LogP) is -0.505. The van der Waals surface area contributed by atoms with E-state index in [1.54, 1.807) is 0 Å². The topological polar surface area (TPSA) is 28.5 Å². The first-order valence-electron chi connectivity index (χ1n) is 0. The molecule has 0 saturated carbocycles. The summed E-state index contributed by atoms with van der Waals surface area (Å²) in [5.41, 5.74) is 0. The first-order chi connectivity index (χ1) is 0. The van der Waals surface area contributed by atoms with Crippen LogP contribution in [0.25, 0.3) is 0 Å². The maximum absolute atomic E-state index is 0. The minimum atomic E-state index is 0. The molecule has 0 heterocycles. The van der Waals surface area contributed by atoms with Crippen LogP contribution < -0.4 is 0 Å². The molecule has 0 rings (SSSR count). The molecule has 0 atom stereocenters. The van der Waals surface area contributed by atoms with Gasteiger partial charge >= 0.3 is 67.2 Å². The Morgan fingerprint density at radius 1 is 1.00 bits per heavy atom. The zero-order chi connectivity index (χ0) is 0. The Kier molecular flexibility index (Phi) is 166. The molecular weight excluding hydrogens is 181 g/mol. The van der Waals surface area contributed by atoms with E-state index in [2.05, 4.69) is 0 Å². The molecule has 0 spiro atoms. The van der Waals surface area contributed by atoms with Crippen LogP contribution in [-0.2, 0) is 49.6 Å². The van der Waals surface area contributed by atoms with Gasteiger partial charge in [-0.2, -0.15) is 0 Å².